The molecule has 2 rings (SSSR count). The molecule has 1 aliphatic rings. The van der Waals surface area contributed by atoms with E-state index in [4.69, 9.17) is 9.26 Å². The summed E-state index contributed by atoms with van der Waals surface area (Å²) in [6, 6.07) is 0.119. The molecule has 0 aromatic carbocycles. The summed E-state index contributed by atoms with van der Waals surface area (Å²) in [6.07, 6.45) is -0.270. The molecule has 1 unspecified atom stereocenters. The molecule has 20 heavy (non-hydrogen) atoms. The largest absolute Gasteiger partial charge is 0.444 e. The fourth-order valence-electron chi connectivity index (χ4n) is 2.15. The molecule has 1 atom stereocenters. The van der Waals surface area contributed by atoms with Gasteiger partial charge in [0.1, 0.15) is 5.60 Å². The number of carbonyl (C=O) groups is 1. The molecule has 0 bridgehead atoms. The van der Waals surface area contributed by atoms with Crippen LogP contribution < -0.4 is 4.90 Å². The number of hydrogen-bond donors (Lipinski definition) is 0. The molecule has 0 radical (unpaired) electrons. The quantitative estimate of drug-likeness (QED) is 0.782. The van der Waals surface area contributed by atoms with Gasteiger partial charge >= 0.3 is 6.09 Å². The molecule has 0 N–H and O–H groups in total. The summed E-state index contributed by atoms with van der Waals surface area (Å²) in [5.41, 5.74) is -0.470. The molecule has 1 fully saturated rings. The second-order valence-electron chi connectivity index (χ2n) is 6.08. The summed E-state index contributed by atoms with van der Waals surface area (Å²) in [6.45, 7) is 11.2. The highest BCUT2D eigenvalue weighted by Gasteiger charge is 2.31. The van der Waals surface area contributed by atoms with Gasteiger partial charge in [-0.15, -0.1) is 0 Å². The minimum Gasteiger partial charge on any atom is -0.444 e. The van der Waals surface area contributed by atoms with Crippen LogP contribution in [0.5, 0.6) is 0 Å². The fraction of sp³-hybridized carbons (Fsp3) is 0.769. The van der Waals surface area contributed by atoms with Gasteiger partial charge in [-0.25, -0.2) is 4.79 Å². The van der Waals surface area contributed by atoms with Gasteiger partial charge in [-0.2, -0.15) is 4.98 Å². The molecule has 1 aromatic heterocycles. The van der Waals surface area contributed by atoms with Crippen LogP contribution in [0.4, 0.5) is 10.7 Å². The van der Waals surface area contributed by atoms with Gasteiger partial charge in [0.25, 0.3) is 5.95 Å². The lowest BCUT2D eigenvalue weighted by Crippen LogP contribution is -2.54. The minimum atomic E-state index is -0.470. The van der Waals surface area contributed by atoms with Crippen molar-refractivity contribution in [2.75, 3.05) is 24.5 Å². The Morgan fingerprint density at radius 1 is 1.40 bits per heavy atom. The van der Waals surface area contributed by atoms with Crippen LogP contribution in [0.1, 0.15) is 33.6 Å². The number of anilines is 1. The molecule has 0 spiro atoms. The van der Waals surface area contributed by atoms with Crippen LogP contribution in [-0.4, -0.2) is 52.4 Å². The second kappa shape index (κ2) is 5.30. The number of aromatic nitrogens is 2. The number of carbonyl (C=O) groups excluding carboxylic acids is 1. The maximum atomic E-state index is 12.0. The van der Waals surface area contributed by atoms with E-state index in [1.807, 2.05) is 32.6 Å². The Balaban J connectivity index is 1.97. The van der Waals surface area contributed by atoms with Crippen LogP contribution in [-0.2, 0) is 4.74 Å². The molecule has 7 nitrogen and oxygen atoms in total. The Hall–Kier alpha value is -1.79. The van der Waals surface area contributed by atoms with Gasteiger partial charge in [-0.05, 0) is 32.9 Å². The van der Waals surface area contributed by atoms with Gasteiger partial charge in [-0.3, -0.25) is 0 Å². The zero-order valence-electron chi connectivity index (χ0n) is 12.7. The molecule has 0 aliphatic carbocycles. The number of amides is 1. The van der Waals surface area contributed by atoms with Crippen molar-refractivity contribution >= 4 is 12.0 Å². The van der Waals surface area contributed by atoms with Gasteiger partial charge in [0.05, 0.1) is 0 Å². The number of ether oxygens (including phenoxy) is 1. The van der Waals surface area contributed by atoms with E-state index in [0.29, 0.717) is 31.5 Å². The Labute approximate surface area is 118 Å². The van der Waals surface area contributed by atoms with Crippen LogP contribution in [0.15, 0.2) is 4.52 Å². The van der Waals surface area contributed by atoms with E-state index in [2.05, 4.69) is 10.1 Å². The predicted molar refractivity (Wildman–Crippen MR) is 73.7 cm³/mol. The van der Waals surface area contributed by atoms with E-state index in [9.17, 15) is 4.79 Å². The molecule has 1 aliphatic heterocycles. The Bertz CT molecular complexity index is 480. The molecule has 2 heterocycles. The summed E-state index contributed by atoms with van der Waals surface area (Å²) in [4.78, 5) is 20.0. The highest BCUT2D eigenvalue weighted by molar-refractivity contribution is 5.68. The van der Waals surface area contributed by atoms with Crippen molar-refractivity contribution in [1.82, 2.24) is 15.0 Å². The minimum absolute atomic E-state index is 0.119. The highest BCUT2D eigenvalue weighted by Crippen LogP contribution is 2.19. The van der Waals surface area contributed by atoms with Crippen molar-refractivity contribution in [3.8, 4) is 0 Å². The Morgan fingerprint density at radius 2 is 2.10 bits per heavy atom. The van der Waals surface area contributed by atoms with E-state index >= 15 is 0 Å². The third-order valence-corrected chi connectivity index (χ3v) is 3.05. The van der Waals surface area contributed by atoms with Gasteiger partial charge in [-0.1, -0.05) is 0 Å². The first-order valence-electron chi connectivity index (χ1n) is 6.81. The molecule has 1 aromatic rings. The molecular weight excluding hydrogens is 260 g/mol. The monoisotopic (exact) mass is 282 g/mol. The summed E-state index contributed by atoms with van der Waals surface area (Å²) in [7, 11) is 0. The maximum Gasteiger partial charge on any atom is 0.410 e. The molecule has 1 amide bonds. The van der Waals surface area contributed by atoms with Gasteiger partial charge in [0, 0.05) is 32.6 Å². The SMILES string of the molecule is Cc1nc(N2CCN(C(=O)OC(C)(C)C)CC2C)no1. The topological polar surface area (TPSA) is 71.7 Å². The average molecular weight is 282 g/mol. The number of nitrogens with zero attached hydrogens (tertiary/aromatic N) is 4. The fourth-order valence-corrected chi connectivity index (χ4v) is 2.15. The third-order valence-electron chi connectivity index (χ3n) is 3.05. The normalized spacial score (nSPS) is 20.1. The number of hydrogen-bond acceptors (Lipinski definition) is 6. The van der Waals surface area contributed by atoms with Crippen LogP contribution in [0, 0.1) is 6.92 Å². The Morgan fingerprint density at radius 3 is 2.60 bits per heavy atom. The summed E-state index contributed by atoms with van der Waals surface area (Å²) in [5, 5.41) is 3.92. The highest BCUT2D eigenvalue weighted by atomic mass is 16.6. The molecule has 0 saturated carbocycles. The molecule has 112 valence electrons. The average Bonchev–Trinajstić information content (AvgIpc) is 2.73. The second-order valence-corrected chi connectivity index (χ2v) is 6.08. The smallest absolute Gasteiger partial charge is 0.410 e. The first-order valence-corrected chi connectivity index (χ1v) is 6.81. The van der Waals surface area contributed by atoms with Crippen molar-refractivity contribution in [2.24, 2.45) is 0 Å². The van der Waals surface area contributed by atoms with Crippen LogP contribution in [0.3, 0.4) is 0 Å². The standard InChI is InChI=1S/C13H22N4O3/c1-9-8-16(12(18)19-13(3,4)5)6-7-17(9)11-14-10(2)20-15-11/h9H,6-8H2,1-5H3. The van der Waals surface area contributed by atoms with Crippen molar-refractivity contribution in [2.45, 2.75) is 46.3 Å². The lowest BCUT2D eigenvalue weighted by molar-refractivity contribution is 0.0218. The van der Waals surface area contributed by atoms with Crippen molar-refractivity contribution in [3.63, 3.8) is 0 Å². The van der Waals surface area contributed by atoms with E-state index in [1.165, 1.54) is 0 Å². The maximum absolute atomic E-state index is 12.0. The van der Waals surface area contributed by atoms with E-state index in [1.54, 1.807) is 11.8 Å². The first kappa shape index (κ1) is 14.6. The number of rotatable bonds is 1. The molecular formula is C13H22N4O3. The van der Waals surface area contributed by atoms with Gasteiger partial charge < -0.3 is 19.1 Å². The lowest BCUT2D eigenvalue weighted by Gasteiger charge is -2.39. The van der Waals surface area contributed by atoms with Gasteiger partial charge in [0.2, 0.25) is 5.89 Å². The third kappa shape index (κ3) is 3.40. The molecule has 7 heteroatoms. The summed E-state index contributed by atoms with van der Waals surface area (Å²) in [5.74, 6) is 1.13. The van der Waals surface area contributed by atoms with Crippen LogP contribution >= 0.6 is 0 Å². The lowest BCUT2D eigenvalue weighted by atomic mass is 10.2. The van der Waals surface area contributed by atoms with Crippen LogP contribution in [0.2, 0.25) is 0 Å². The zero-order valence-corrected chi connectivity index (χ0v) is 12.7. The first-order chi connectivity index (χ1) is 9.26. The van der Waals surface area contributed by atoms with E-state index < -0.39 is 5.60 Å². The Kier molecular flexibility index (Phi) is 3.87. The zero-order chi connectivity index (χ0) is 14.9. The predicted octanol–water partition coefficient (Wildman–Crippen LogP) is 1.82. The summed E-state index contributed by atoms with van der Waals surface area (Å²) < 4.78 is 10.4. The van der Waals surface area contributed by atoms with E-state index in [0.717, 1.165) is 0 Å². The van der Waals surface area contributed by atoms with Crippen molar-refractivity contribution in [3.05, 3.63) is 5.89 Å². The number of piperazine rings is 1. The van der Waals surface area contributed by atoms with Crippen molar-refractivity contribution in [1.29, 1.82) is 0 Å². The van der Waals surface area contributed by atoms with Crippen LogP contribution in [0.25, 0.3) is 0 Å². The van der Waals surface area contributed by atoms with Crippen molar-refractivity contribution < 1.29 is 14.1 Å². The van der Waals surface area contributed by atoms with Gasteiger partial charge in [0.15, 0.2) is 0 Å². The number of aryl methyl sites for hydroxylation is 1. The summed E-state index contributed by atoms with van der Waals surface area (Å²) >= 11 is 0. The molecule has 1 saturated heterocycles. The van der Waals surface area contributed by atoms with E-state index in [-0.39, 0.29) is 12.1 Å².